The second-order valence-corrected chi connectivity index (χ2v) is 3.47. The van der Waals surface area contributed by atoms with Crippen molar-refractivity contribution in [2.75, 3.05) is 6.61 Å². The second-order valence-electron chi connectivity index (χ2n) is 3.47. The smallest absolute Gasteiger partial charge is 0.164 e. The van der Waals surface area contributed by atoms with E-state index in [0.29, 0.717) is 0 Å². The number of hydrogen-bond acceptors (Lipinski definition) is 5. The summed E-state index contributed by atoms with van der Waals surface area (Å²) < 4.78 is 0. The van der Waals surface area contributed by atoms with Crippen molar-refractivity contribution in [3.63, 3.8) is 0 Å². The van der Waals surface area contributed by atoms with E-state index in [9.17, 15) is 15.0 Å². The van der Waals surface area contributed by atoms with E-state index in [1.807, 2.05) is 0 Å². The Morgan fingerprint density at radius 2 is 1.77 bits per heavy atom. The molecule has 78 valence electrons. The van der Waals surface area contributed by atoms with Crippen molar-refractivity contribution in [2.24, 2.45) is 0 Å². The van der Waals surface area contributed by atoms with E-state index < -0.39 is 29.7 Å². The summed E-state index contributed by atoms with van der Waals surface area (Å²) in [7, 11) is 0. The van der Waals surface area contributed by atoms with Gasteiger partial charge in [-0.2, -0.15) is 0 Å². The van der Waals surface area contributed by atoms with Gasteiger partial charge in [-0.1, -0.05) is 0 Å². The van der Waals surface area contributed by atoms with Gasteiger partial charge >= 0.3 is 0 Å². The van der Waals surface area contributed by atoms with Gasteiger partial charge in [-0.3, -0.25) is 4.79 Å². The molecule has 0 aromatic heterocycles. The molecule has 5 nitrogen and oxygen atoms in total. The van der Waals surface area contributed by atoms with Crippen molar-refractivity contribution in [3.05, 3.63) is 0 Å². The summed E-state index contributed by atoms with van der Waals surface area (Å²) in [4.78, 5) is 10.9. The Balaban J connectivity index is 4.90. The largest absolute Gasteiger partial charge is 0.394 e. The van der Waals surface area contributed by atoms with Gasteiger partial charge in [-0.15, -0.1) is 0 Å². The first kappa shape index (κ1) is 12.5. The average molecular weight is 192 g/mol. The van der Waals surface area contributed by atoms with Gasteiger partial charge in [-0.25, -0.2) is 0 Å². The maximum absolute atomic E-state index is 10.9. The van der Waals surface area contributed by atoms with Crippen LogP contribution in [0.25, 0.3) is 0 Å². The van der Waals surface area contributed by atoms with Crippen molar-refractivity contribution in [1.29, 1.82) is 0 Å². The van der Waals surface area contributed by atoms with Gasteiger partial charge in [0.15, 0.2) is 11.4 Å². The molecule has 4 N–H and O–H groups in total. The molecule has 0 aromatic carbocycles. The number of aliphatic hydroxyl groups excluding tert-OH is 2. The molecular formula is C8H16O5. The third-order valence-corrected chi connectivity index (χ3v) is 2.49. The van der Waals surface area contributed by atoms with Gasteiger partial charge < -0.3 is 20.4 Å². The molecule has 0 aliphatic carbocycles. The van der Waals surface area contributed by atoms with Crippen LogP contribution >= 0.6 is 0 Å². The fourth-order valence-corrected chi connectivity index (χ4v) is 0.859. The molecule has 0 spiro atoms. The minimum absolute atomic E-state index is 0.676. The lowest BCUT2D eigenvalue weighted by Crippen LogP contribution is -2.62. The number of carbonyl (C=O) groups excluding carboxylic acids is 1. The minimum atomic E-state index is -2.07. The van der Waals surface area contributed by atoms with Crippen LogP contribution in [0.4, 0.5) is 0 Å². The maximum atomic E-state index is 10.9. The topological polar surface area (TPSA) is 98.0 Å². The fraction of sp³-hybridized carbons (Fsp3) is 0.875. The Labute approximate surface area is 76.6 Å². The van der Waals surface area contributed by atoms with Gasteiger partial charge in [0.2, 0.25) is 0 Å². The Morgan fingerprint density at radius 1 is 1.38 bits per heavy atom. The van der Waals surface area contributed by atoms with E-state index in [1.165, 1.54) is 0 Å². The molecule has 0 radical (unpaired) electrons. The van der Waals surface area contributed by atoms with Crippen LogP contribution in [-0.4, -0.2) is 50.1 Å². The Morgan fingerprint density at radius 3 is 2.00 bits per heavy atom. The summed E-state index contributed by atoms with van der Waals surface area (Å²) in [6, 6.07) is 0. The maximum Gasteiger partial charge on any atom is 0.164 e. The molecule has 0 aliphatic rings. The van der Waals surface area contributed by atoms with E-state index in [0.717, 1.165) is 20.8 Å². The summed E-state index contributed by atoms with van der Waals surface area (Å²) in [6.07, 6.45) is -1.56. The second kappa shape index (κ2) is 3.71. The van der Waals surface area contributed by atoms with E-state index in [1.54, 1.807) is 0 Å². The first-order valence-electron chi connectivity index (χ1n) is 3.92. The van der Waals surface area contributed by atoms with Gasteiger partial charge in [0.25, 0.3) is 0 Å². The third-order valence-electron chi connectivity index (χ3n) is 2.49. The number of rotatable bonds is 4. The summed E-state index contributed by atoms with van der Waals surface area (Å²) in [5.41, 5.74) is -4.14. The van der Waals surface area contributed by atoms with Crippen molar-refractivity contribution < 1.29 is 25.2 Å². The molecule has 0 rings (SSSR count). The first-order chi connectivity index (χ1) is 5.67. The van der Waals surface area contributed by atoms with E-state index in [-0.39, 0.29) is 0 Å². The lowest BCUT2D eigenvalue weighted by atomic mass is 9.79. The quantitative estimate of drug-likeness (QED) is 0.431. The number of carbonyl (C=O) groups is 1. The van der Waals surface area contributed by atoms with Crippen LogP contribution in [0.15, 0.2) is 0 Å². The van der Waals surface area contributed by atoms with Gasteiger partial charge in [0, 0.05) is 0 Å². The van der Waals surface area contributed by atoms with E-state index in [2.05, 4.69) is 0 Å². The normalized spacial score (nSPS) is 23.0. The standard InChI is InChI=1S/C8H16O5/c1-5(10)7(2,12)8(3,13)6(11)4-9/h6,9,11-13H,4H2,1-3H3/t6-,7-,8-/m1/s1. The minimum Gasteiger partial charge on any atom is -0.394 e. The van der Waals surface area contributed by atoms with Crippen molar-refractivity contribution >= 4 is 5.78 Å². The molecule has 0 unspecified atom stereocenters. The number of Topliss-reactive ketones (excluding diaryl/α,β-unsaturated/α-hetero) is 1. The lowest BCUT2D eigenvalue weighted by Gasteiger charge is -2.39. The predicted molar refractivity (Wildman–Crippen MR) is 45.0 cm³/mol. The molecule has 0 bridgehead atoms. The molecule has 0 saturated carbocycles. The highest BCUT2D eigenvalue weighted by atomic mass is 16.4. The molecule has 5 heteroatoms. The van der Waals surface area contributed by atoms with Gasteiger partial charge in [-0.05, 0) is 20.8 Å². The fourth-order valence-electron chi connectivity index (χ4n) is 0.859. The van der Waals surface area contributed by atoms with Crippen LogP contribution in [0.5, 0.6) is 0 Å². The van der Waals surface area contributed by atoms with Crippen LogP contribution in [0.2, 0.25) is 0 Å². The van der Waals surface area contributed by atoms with Crippen molar-refractivity contribution in [3.8, 4) is 0 Å². The van der Waals surface area contributed by atoms with E-state index >= 15 is 0 Å². The highest BCUT2D eigenvalue weighted by Gasteiger charge is 2.50. The summed E-state index contributed by atoms with van der Waals surface area (Å²) in [6.45, 7) is 2.55. The Bertz CT molecular complexity index is 197. The van der Waals surface area contributed by atoms with Crippen LogP contribution < -0.4 is 0 Å². The number of ketones is 1. The number of aliphatic hydroxyl groups is 4. The van der Waals surface area contributed by atoms with Crippen LogP contribution in [0.1, 0.15) is 20.8 Å². The van der Waals surface area contributed by atoms with Crippen molar-refractivity contribution in [1.82, 2.24) is 0 Å². The molecule has 3 atom stereocenters. The van der Waals surface area contributed by atoms with Crippen LogP contribution in [0, 0.1) is 0 Å². The van der Waals surface area contributed by atoms with Crippen molar-refractivity contribution in [2.45, 2.75) is 38.1 Å². The third kappa shape index (κ3) is 2.05. The molecular weight excluding hydrogens is 176 g/mol. The molecule has 0 heterocycles. The van der Waals surface area contributed by atoms with Gasteiger partial charge in [0.1, 0.15) is 11.7 Å². The predicted octanol–water partition coefficient (Wildman–Crippen LogP) is -1.57. The zero-order valence-corrected chi connectivity index (χ0v) is 7.98. The van der Waals surface area contributed by atoms with E-state index in [4.69, 9.17) is 10.2 Å². The van der Waals surface area contributed by atoms with Crippen LogP contribution in [-0.2, 0) is 4.79 Å². The highest BCUT2D eigenvalue weighted by Crippen LogP contribution is 2.26. The Hall–Kier alpha value is -0.490. The number of hydrogen-bond donors (Lipinski definition) is 4. The zero-order valence-electron chi connectivity index (χ0n) is 7.98. The molecule has 13 heavy (non-hydrogen) atoms. The summed E-state index contributed by atoms with van der Waals surface area (Å²) in [5.74, 6) is -0.676. The monoisotopic (exact) mass is 192 g/mol. The Kier molecular flexibility index (Phi) is 3.57. The average Bonchev–Trinajstić information content (AvgIpc) is 2.02. The first-order valence-corrected chi connectivity index (χ1v) is 3.92. The highest BCUT2D eigenvalue weighted by molar-refractivity contribution is 5.85. The zero-order chi connectivity index (χ0) is 10.9. The molecule has 0 aliphatic heterocycles. The molecule has 0 saturated heterocycles. The van der Waals surface area contributed by atoms with Crippen LogP contribution in [0.3, 0.4) is 0 Å². The summed E-state index contributed by atoms with van der Waals surface area (Å²) in [5, 5.41) is 36.9. The molecule has 0 fully saturated rings. The lowest BCUT2D eigenvalue weighted by molar-refractivity contribution is -0.195. The summed E-state index contributed by atoms with van der Waals surface area (Å²) >= 11 is 0. The SMILES string of the molecule is CC(=O)[C@@](C)(O)[C@](C)(O)[C@H](O)CO. The van der Waals surface area contributed by atoms with Gasteiger partial charge in [0.05, 0.1) is 6.61 Å². The molecule has 0 aromatic rings. The molecule has 0 amide bonds.